The van der Waals surface area contributed by atoms with Crippen LogP contribution in [0.1, 0.15) is 30.7 Å². The van der Waals surface area contributed by atoms with Gasteiger partial charge in [-0.2, -0.15) is 0 Å². The molecule has 0 atom stereocenters. The lowest BCUT2D eigenvalue weighted by molar-refractivity contribution is -0.111. The Kier molecular flexibility index (Phi) is 5.34. The predicted molar refractivity (Wildman–Crippen MR) is 119 cm³/mol. The molecule has 3 aromatic rings. The molecule has 0 bridgehead atoms. The van der Waals surface area contributed by atoms with E-state index < -0.39 is 0 Å². The molecule has 1 fully saturated rings. The highest BCUT2D eigenvalue weighted by atomic mass is 16.5. The monoisotopic (exact) mass is 418 g/mol. The minimum Gasteiger partial charge on any atom is -0.511 e. The van der Waals surface area contributed by atoms with Gasteiger partial charge in [0.25, 0.3) is 5.91 Å². The first-order chi connectivity index (χ1) is 15.2. The predicted octanol–water partition coefficient (Wildman–Crippen LogP) is 3.66. The van der Waals surface area contributed by atoms with Gasteiger partial charge in [-0.3, -0.25) is 9.69 Å². The number of hydrogen-bond donors (Lipinski definition) is 2. The molecular formula is C24H26N4O3. The van der Waals surface area contributed by atoms with Crippen LogP contribution in [-0.4, -0.2) is 51.5 Å². The smallest absolute Gasteiger partial charge is 0.261 e. The zero-order chi connectivity index (χ0) is 21.2. The van der Waals surface area contributed by atoms with E-state index in [9.17, 15) is 9.90 Å². The fourth-order valence-corrected chi connectivity index (χ4v) is 4.35. The summed E-state index contributed by atoms with van der Waals surface area (Å²) in [4.78, 5) is 20.0. The molecule has 1 aromatic carbocycles. The van der Waals surface area contributed by atoms with Gasteiger partial charge in [0.1, 0.15) is 35.0 Å². The summed E-state index contributed by atoms with van der Waals surface area (Å²) in [7, 11) is 0. The van der Waals surface area contributed by atoms with Crippen LogP contribution in [0.3, 0.4) is 0 Å². The van der Waals surface area contributed by atoms with Crippen molar-refractivity contribution in [3.8, 4) is 5.75 Å². The molecular weight excluding hydrogens is 392 g/mol. The minimum absolute atomic E-state index is 0.0790. The molecule has 2 aromatic heterocycles. The highest BCUT2D eigenvalue weighted by Crippen LogP contribution is 2.31. The summed E-state index contributed by atoms with van der Waals surface area (Å²) in [5.74, 6) is 0.499. The summed E-state index contributed by atoms with van der Waals surface area (Å²) in [5, 5.41) is 13.4. The molecule has 1 aliphatic carbocycles. The third kappa shape index (κ3) is 4.01. The highest BCUT2D eigenvalue weighted by Gasteiger charge is 2.28. The number of carbonyl (C=O) groups is 1. The molecule has 5 rings (SSSR count). The van der Waals surface area contributed by atoms with Gasteiger partial charge < -0.3 is 19.6 Å². The average Bonchev–Trinajstić information content (AvgIpc) is 3.42. The van der Waals surface area contributed by atoms with Gasteiger partial charge in [0.05, 0.1) is 5.69 Å². The third-order valence-electron chi connectivity index (χ3n) is 5.97. The lowest BCUT2D eigenvalue weighted by atomic mass is 9.97. The number of rotatable bonds is 6. The Hall–Kier alpha value is -3.32. The van der Waals surface area contributed by atoms with Gasteiger partial charge in [0, 0.05) is 24.8 Å². The molecule has 1 amide bonds. The van der Waals surface area contributed by atoms with Crippen LogP contribution < -0.4 is 10.1 Å². The second-order valence-corrected chi connectivity index (χ2v) is 8.03. The van der Waals surface area contributed by atoms with E-state index in [1.807, 2.05) is 53.1 Å². The van der Waals surface area contributed by atoms with E-state index in [0.29, 0.717) is 30.8 Å². The van der Waals surface area contributed by atoms with Crippen LogP contribution >= 0.6 is 0 Å². The molecule has 1 aliphatic heterocycles. The second kappa shape index (κ2) is 8.43. The SMILES string of the molecule is O=C(Nc1ccc(OCCN2CCCC2)cc1)C1=C(O)CCc2c1nc1ccccn21. The van der Waals surface area contributed by atoms with Gasteiger partial charge in [0.2, 0.25) is 0 Å². The number of nitrogens with one attached hydrogen (secondary N) is 1. The van der Waals surface area contributed by atoms with E-state index in [2.05, 4.69) is 15.2 Å². The molecule has 7 nitrogen and oxygen atoms in total. The maximum Gasteiger partial charge on any atom is 0.261 e. The van der Waals surface area contributed by atoms with Crippen LogP contribution in [0.2, 0.25) is 0 Å². The molecule has 2 N–H and O–H groups in total. The van der Waals surface area contributed by atoms with Crippen molar-refractivity contribution in [2.75, 3.05) is 31.6 Å². The van der Waals surface area contributed by atoms with Gasteiger partial charge in [0.15, 0.2) is 0 Å². The Labute approximate surface area is 181 Å². The average molecular weight is 418 g/mol. The Morgan fingerprint density at radius 2 is 1.90 bits per heavy atom. The van der Waals surface area contributed by atoms with Crippen molar-refractivity contribution in [2.45, 2.75) is 25.7 Å². The van der Waals surface area contributed by atoms with E-state index in [1.54, 1.807) is 0 Å². The minimum atomic E-state index is -0.357. The quantitative estimate of drug-likeness (QED) is 0.639. The Bertz CT molecular complexity index is 1130. The number of anilines is 1. The molecule has 160 valence electrons. The van der Waals surface area contributed by atoms with Crippen molar-refractivity contribution < 1.29 is 14.6 Å². The highest BCUT2D eigenvalue weighted by molar-refractivity contribution is 6.26. The maximum absolute atomic E-state index is 13.0. The van der Waals surface area contributed by atoms with Crippen LogP contribution in [0.15, 0.2) is 54.4 Å². The van der Waals surface area contributed by atoms with Crippen LogP contribution in [0.25, 0.3) is 11.2 Å². The zero-order valence-corrected chi connectivity index (χ0v) is 17.4. The van der Waals surface area contributed by atoms with Gasteiger partial charge in [-0.05, 0) is 68.8 Å². The first-order valence-corrected chi connectivity index (χ1v) is 10.8. The van der Waals surface area contributed by atoms with Crippen LogP contribution in [-0.2, 0) is 11.2 Å². The lowest BCUT2D eigenvalue weighted by Gasteiger charge is -2.17. The topological polar surface area (TPSA) is 79.1 Å². The number of benzene rings is 1. The Balaban J connectivity index is 1.26. The van der Waals surface area contributed by atoms with Crippen molar-refractivity contribution in [1.82, 2.24) is 14.3 Å². The summed E-state index contributed by atoms with van der Waals surface area (Å²) in [6, 6.07) is 13.1. The Morgan fingerprint density at radius 1 is 1.10 bits per heavy atom. The molecule has 2 aliphatic rings. The molecule has 3 heterocycles. The Morgan fingerprint density at radius 3 is 2.71 bits per heavy atom. The molecule has 31 heavy (non-hydrogen) atoms. The van der Waals surface area contributed by atoms with Crippen molar-refractivity contribution in [3.05, 3.63) is 65.8 Å². The van der Waals surface area contributed by atoms with E-state index in [1.165, 1.54) is 12.8 Å². The molecule has 7 heteroatoms. The number of likely N-dealkylation sites (tertiary alicyclic amines) is 1. The number of nitrogens with zero attached hydrogens (tertiary/aromatic N) is 3. The van der Waals surface area contributed by atoms with E-state index in [-0.39, 0.29) is 17.2 Å². The summed E-state index contributed by atoms with van der Waals surface area (Å²) < 4.78 is 7.80. The molecule has 0 unspecified atom stereocenters. The van der Waals surface area contributed by atoms with Crippen molar-refractivity contribution in [3.63, 3.8) is 0 Å². The van der Waals surface area contributed by atoms with Crippen molar-refractivity contribution in [1.29, 1.82) is 0 Å². The van der Waals surface area contributed by atoms with Crippen LogP contribution in [0.5, 0.6) is 5.75 Å². The van der Waals surface area contributed by atoms with E-state index >= 15 is 0 Å². The standard InChI is InChI=1S/C24H26N4O3/c29-20-11-10-19-23(26-21-5-1-2-14-28(19)21)22(20)24(30)25-17-6-8-18(9-7-17)31-16-15-27-12-3-4-13-27/h1-2,5-9,14,29H,3-4,10-13,15-16H2,(H,25,30). The normalized spacial score (nSPS) is 16.5. The van der Waals surface area contributed by atoms with Crippen LogP contribution in [0.4, 0.5) is 5.69 Å². The first-order valence-electron chi connectivity index (χ1n) is 10.8. The maximum atomic E-state index is 13.0. The summed E-state index contributed by atoms with van der Waals surface area (Å²) in [6.45, 7) is 3.91. The number of imidazole rings is 1. The summed E-state index contributed by atoms with van der Waals surface area (Å²) in [5.41, 5.74) is 3.15. The first kappa shape index (κ1) is 19.6. The van der Waals surface area contributed by atoms with Gasteiger partial charge in [-0.15, -0.1) is 0 Å². The zero-order valence-electron chi connectivity index (χ0n) is 17.4. The molecule has 0 spiro atoms. The number of aromatic nitrogens is 2. The van der Waals surface area contributed by atoms with Crippen molar-refractivity contribution >= 4 is 22.8 Å². The number of pyridine rings is 1. The fraction of sp³-hybridized carbons (Fsp3) is 0.333. The lowest BCUT2D eigenvalue weighted by Crippen LogP contribution is -2.25. The number of aliphatic hydroxyl groups excluding tert-OH is 1. The number of fused-ring (bicyclic) bond motifs is 3. The summed E-state index contributed by atoms with van der Waals surface area (Å²) in [6.07, 6.45) is 5.55. The molecule has 1 saturated heterocycles. The fourth-order valence-electron chi connectivity index (χ4n) is 4.35. The molecule has 0 radical (unpaired) electrons. The number of hydrogen-bond acceptors (Lipinski definition) is 5. The second-order valence-electron chi connectivity index (χ2n) is 8.03. The van der Waals surface area contributed by atoms with E-state index in [4.69, 9.17) is 4.74 Å². The number of aryl methyl sites for hydroxylation is 1. The van der Waals surface area contributed by atoms with Gasteiger partial charge in [-0.1, -0.05) is 6.07 Å². The number of allylic oxidation sites excluding steroid dienone is 1. The van der Waals surface area contributed by atoms with Crippen LogP contribution in [0, 0.1) is 0 Å². The number of carbonyl (C=O) groups excluding carboxylic acids is 1. The molecule has 0 saturated carbocycles. The number of aliphatic hydroxyl groups is 1. The summed E-state index contributed by atoms with van der Waals surface area (Å²) >= 11 is 0. The largest absolute Gasteiger partial charge is 0.511 e. The van der Waals surface area contributed by atoms with Gasteiger partial charge in [-0.25, -0.2) is 4.98 Å². The third-order valence-corrected chi connectivity index (χ3v) is 5.97. The number of amides is 1. The van der Waals surface area contributed by atoms with Gasteiger partial charge >= 0.3 is 0 Å². The van der Waals surface area contributed by atoms with Crippen molar-refractivity contribution in [2.24, 2.45) is 0 Å². The van der Waals surface area contributed by atoms with E-state index in [0.717, 1.165) is 36.7 Å². The number of ether oxygens (including phenoxy) is 1.